The van der Waals surface area contributed by atoms with Crippen LogP contribution < -0.4 is 10.4 Å². The average Bonchev–Trinajstić information content (AvgIpc) is 2.94. The first-order valence-electron chi connectivity index (χ1n) is 12.0. The maximum Gasteiger partial charge on any atom is 0.489 e. The zero-order chi connectivity index (χ0) is 24.5. The lowest BCUT2D eigenvalue weighted by atomic mass is 9.75. The maximum atomic E-state index is 9.84. The van der Waals surface area contributed by atoms with E-state index in [1.807, 2.05) is 30.3 Å². The summed E-state index contributed by atoms with van der Waals surface area (Å²) in [5, 5.41) is 24.4. The van der Waals surface area contributed by atoms with Crippen molar-refractivity contribution in [3.8, 4) is 11.1 Å². The van der Waals surface area contributed by atoms with Gasteiger partial charge in [0.05, 0.1) is 5.69 Å². The van der Waals surface area contributed by atoms with E-state index in [0.717, 1.165) is 28.2 Å². The highest BCUT2D eigenvalue weighted by atomic mass is 16.4. The summed E-state index contributed by atoms with van der Waals surface area (Å²) in [6, 6.07) is 45.4. The van der Waals surface area contributed by atoms with Gasteiger partial charge >= 0.3 is 7.12 Å². The second kappa shape index (κ2) is 9.35. The molecule has 0 radical (unpaired) electrons. The molecular weight excluding hydrogens is 441 g/mol. The third-order valence-corrected chi connectivity index (χ3v) is 6.67. The van der Waals surface area contributed by atoms with Crippen LogP contribution in [-0.4, -0.2) is 17.2 Å². The number of fused-ring (bicyclic) bond motifs is 2. The molecule has 0 aromatic heterocycles. The Labute approximate surface area is 210 Å². The molecule has 0 unspecified atom stereocenters. The number of benzene rings is 6. The van der Waals surface area contributed by atoms with Crippen LogP contribution >= 0.6 is 0 Å². The molecule has 3 nitrogen and oxygen atoms in total. The van der Waals surface area contributed by atoms with Crippen molar-refractivity contribution in [2.75, 3.05) is 4.90 Å². The van der Waals surface area contributed by atoms with Gasteiger partial charge in [0.1, 0.15) is 0 Å². The number of hydrogen-bond acceptors (Lipinski definition) is 3. The normalized spacial score (nSPS) is 11.1. The summed E-state index contributed by atoms with van der Waals surface area (Å²) >= 11 is 0. The third kappa shape index (κ3) is 4.03. The number of anilines is 3. The molecule has 6 aromatic rings. The molecule has 36 heavy (non-hydrogen) atoms. The van der Waals surface area contributed by atoms with Gasteiger partial charge in [0.15, 0.2) is 0 Å². The number of nitrogens with zero attached hydrogens (tertiary/aromatic N) is 1. The van der Waals surface area contributed by atoms with Crippen LogP contribution in [0.15, 0.2) is 133 Å². The van der Waals surface area contributed by atoms with E-state index in [1.165, 1.54) is 21.5 Å². The second-order valence-electron chi connectivity index (χ2n) is 8.87. The zero-order valence-electron chi connectivity index (χ0n) is 19.6. The average molecular weight is 465 g/mol. The fraction of sp³-hybridized carbons (Fsp3) is 0. The van der Waals surface area contributed by atoms with Crippen molar-refractivity contribution in [3.05, 3.63) is 133 Å². The molecule has 6 aromatic carbocycles. The Morgan fingerprint density at radius 1 is 0.500 bits per heavy atom. The highest BCUT2D eigenvalue weighted by Crippen LogP contribution is 2.40. The Kier molecular flexibility index (Phi) is 5.74. The number of rotatable bonds is 5. The molecule has 0 spiro atoms. The van der Waals surface area contributed by atoms with Crippen LogP contribution in [-0.2, 0) is 0 Å². The molecule has 4 heteroatoms. The molecule has 2 N–H and O–H groups in total. The minimum absolute atomic E-state index is 0.491. The Hall–Kier alpha value is -4.38. The van der Waals surface area contributed by atoms with Crippen molar-refractivity contribution in [2.24, 2.45) is 0 Å². The van der Waals surface area contributed by atoms with Crippen molar-refractivity contribution in [1.29, 1.82) is 0 Å². The molecular formula is C32H24BNO2. The lowest BCUT2D eigenvalue weighted by Crippen LogP contribution is -2.31. The van der Waals surface area contributed by atoms with Gasteiger partial charge in [0, 0.05) is 16.8 Å². The smallest absolute Gasteiger partial charge is 0.423 e. The van der Waals surface area contributed by atoms with Crippen molar-refractivity contribution in [2.45, 2.75) is 0 Å². The van der Waals surface area contributed by atoms with Gasteiger partial charge in [-0.3, -0.25) is 0 Å². The monoisotopic (exact) mass is 465 g/mol. The second-order valence-corrected chi connectivity index (χ2v) is 8.87. The van der Waals surface area contributed by atoms with Crippen LogP contribution in [0.4, 0.5) is 17.1 Å². The standard InChI is InChI=1S/C32H24BNO2/c35-33(36)31-14-6-5-12-29(31)25-17-19-27(20-18-25)34(28-21-16-23-8-1-2-10-26(23)22-28)32-15-7-11-24-9-3-4-13-30(24)32/h1-22,35-36H. The summed E-state index contributed by atoms with van der Waals surface area (Å²) in [5.74, 6) is 0. The van der Waals surface area contributed by atoms with E-state index in [1.54, 1.807) is 6.07 Å². The van der Waals surface area contributed by atoms with Gasteiger partial charge in [-0.2, -0.15) is 0 Å². The molecule has 0 amide bonds. The van der Waals surface area contributed by atoms with Crippen LogP contribution in [0.3, 0.4) is 0 Å². The van der Waals surface area contributed by atoms with Gasteiger partial charge in [-0.15, -0.1) is 0 Å². The number of hydrogen-bond donors (Lipinski definition) is 2. The van der Waals surface area contributed by atoms with Gasteiger partial charge in [-0.1, -0.05) is 103 Å². The largest absolute Gasteiger partial charge is 0.489 e. The van der Waals surface area contributed by atoms with Crippen molar-refractivity contribution in [1.82, 2.24) is 0 Å². The molecule has 6 rings (SSSR count). The van der Waals surface area contributed by atoms with Gasteiger partial charge in [-0.25, -0.2) is 0 Å². The Balaban J connectivity index is 1.52. The van der Waals surface area contributed by atoms with E-state index in [9.17, 15) is 10.0 Å². The molecule has 0 aliphatic carbocycles. The fourth-order valence-corrected chi connectivity index (χ4v) is 4.92. The van der Waals surface area contributed by atoms with E-state index < -0.39 is 7.12 Å². The summed E-state index contributed by atoms with van der Waals surface area (Å²) in [6.45, 7) is 0. The van der Waals surface area contributed by atoms with E-state index in [2.05, 4.69) is 102 Å². The Bertz CT molecular complexity index is 1670. The first-order chi connectivity index (χ1) is 17.7. The Morgan fingerprint density at radius 3 is 1.94 bits per heavy atom. The Morgan fingerprint density at radius 2 is 1.14 bits per heavy atom. The first-order valence-corrected chi connectivity index (χ1v) is 12.0. The molecule has 0 aliphatic heterocycles. The van der Waals surface area contributed by atoms with Crippen LogP contribution in [0.2, 0.25) is 0 Å². The third-order valence-electron chi connectivity index (χ3n) is 6.67. The van der Waals surface area contributed by atoms with Crippen LogP contribution in [0.25, 0.3) is 32.7 Å². The van der Waals surface area contributed by atoms with Gasteiger partial charge < -0.3 is 14.9 Å². The lowest BCUT2D eigenvalue weighted by Gasteiger charge is -2.27. The summed E-state index contributed by atoms with van der Waals surface area (Å²) in [6.07, 6.45) is 0. The summed E-state index contributed by atoms with van der Waals surface area (Å²) in [5.41, 5.74) is 5.42. The van der Waals surface area contributed by atoms with Crippen LogP contribution in [0.1, 0.15) is 0 Å². The van der Waals surface area contributed by atoms with Crippen LogP contribution in [0, 0.1) is 0 Å². The van der Waals surface area contributed by atoms with Gasteiger partial charge in [-0.05, 0) is 63.1 Å². The zero-order valence-corrected chi connectivity index (χ0v) is 19.6. The molecule has 0 fully saturated rings. The molecule has 0 atom stereocenters. The van der Waals surface area contributed by atoms with Crippen molar-refractivity contribution < 1.29 is 10.0 Å². The molecule has 0 heterocycles. The highest BCUT2D eigenvalue weighted by molar-refractivity contribution is 6.60. The van der Waals surface area contributed by atoms with Crippen molar-refractivity contribution in [3.63, 3.8) is 0 Å². The molecule has 0 aliphatic rings. The highest BCUT2D eigenvalue weighted by Gasteiger charge is 2.18. The molecule has 0 saturated carbocycles. The summed E-state index contributed by atoms with van der Waals surface area (Å²) < 4.78 is 0. The van der Waals surface area contributed by atoms with E-state index in [4.69, 9.17) is 0 Å². The van der Waals surface area contributed by atoms with Crippen LogP contribution in [0.5, 0.6) is 0 Å². The SMILES string of the molecule is OB(O)c1ccccc1-c1ccc(N(c2ccc3ccccc3c2)c2cccc3ccccc23)cc1. The van der Waals surface area contributed by atoms with Gasteiger partial charge in [0.25, 0.3) is 0 Å². The summed E-state index contributed by atoms with van der Waals surface area (Å²) in [4.78, 5) is 2.28. The minimum atomic E-state index is -1.52. The van der Waals surface area contributed by atoms with E-state index in [0.29, 0.717) is 5.46 Å². The fourth-order valence-electron chi connectivity index (χ4n) is 4.92. The molecule has 0 bridgehead atoms. The quantitative estimate of drug-likeness (QED) is 0.275. The van der Waals surface area contributed by atoms with Crippen molar-refractivity contribution >= 4 is 51.2 Å². The molecule has 172 valence electrons. The van der Waals surface area contributed by atoms with E-state index >= 15 is 0 Å². The van der Waals surface area contributed by atoms with Gasteiger partial charge in [0.2, 0.25) is 0 Å². The minimum Gasteiger partial charge on any atom is -0.423 e. The predicted molar refractivity (Wildman–Crippen MR) is 151 cm³/mol. The topological polar surface area (TPSA) is 43.7 Å². The predicted octanol–water partition coefficient (Wildman–Crippen LogP) is 6.81. The summed E-state index contributed by atoms with van der Waals surface area (Å²) in [7, 11) is -1.52. The lowest BCUT2D eigenvalue weighted by molar-refractivity contribution is 0.426. The maximum absolute atomic E-state index is 9.84. The molecule has 0 saturated heterocycles. The van der Waals surface area contributed by atoms with E-state index in [-0.39, 0.29) is 0 Å². The first kappa shape index (κ1) is 22.1.